The Hall–Kier alpha value is -2.44. The van der Waals surface area contributed by atoms with Crippen molar-refractivity contribution in [1.29, 1.82) is 5.26 Å². The molecule has 1 heterocycles. The first-order valence-corrected chi connectivity index (χ1v) is 8.46. The summed E-state index contributed by atoms with van der Waals surface area (Å²) >= 11 is 6.19. The first-order valence-electron chi connectivity index (χ1n) is 8.08. The van der Waals surface area contributed by atoms with E-state index in [1.54, 1.807) is 0 Å². The van der Waals surface area contributed by atoms with Crippen LogP contribution in [-0.4, -0.2) is 6.61 Å². The van der Waals surface area contributed by atoms with Crippen molar-refractivity contribution in [2.45, 2.75) is 18.4 Å². The Morgan fingerprint density at radius 1 is 1.21 bits per heavy atom. The molecule has 120 valence electrons. The van der Waals surface area contributed by atoms with Gasteiger partial charge in [0.1, 0.15) is 11.8 Å². The minimum Gasteiger partial charge on any atom is -0.479 e. The SMILES string of the molecule is N#CCOc1ccc([C@@H]2Nc3ccc(Cl)cc3[C@@H]3C=CC[C@@H]32)cc1. The maximum absolute atomic E-state index is 8.60. The van der Waals surface area contributed by atoms with Gasteiger partial charge in [-0.15, -0.1) is 0 Å². The highest BCUT2D eigenvalue weighted by molar-refractivity contribution is 6.30. The van der Waals surface area contributed by atoms with E-state index >= 15 is 0 Å². The van der Waals surface area contributed by atoms with Crippen LogP contribution >= 0.6 is 11.6 Å². The molecular formula is C20H17ClN2O. The van der Waals surface area contributed by atoms with Gasteiger partial charge in [-0.1, -0.05) is 35.9 Å². The number of nitriles is 1. The summed E-state index contributed by atoms with van der Waals surface area (Å²) in [7, 11) is 0. The lowest BCUT2D eigenvalue weighted by Crippen LogP contribution is -2.29. The van der Waals surface area contributed by atoms with Crippen molar-refractivity contribution in [3.8, 4) is 11.8 Å². The lowest BCUT2D eigenvalue weighted by Gasteiger charge is -2.37. The molecule has 0 saturated carbocycles. The third-order valence-electron chi connectivity index (χ3n) is 4.87. The Morgan fingerprint density at radius 2 is 2.04 bits per heavy atom. The van der Waals surface area contributed by atoms with Crippen LogP contribution < -0.4 is 10.1 Å². The van der Waals surface area contributed by atoms with Gasteiger partial charge in [-0.3, -0.25) is 0 Å². The number of ether oxygens (including phenoxy) is 1. The number of rotatable bonds is 3. The zero-order chi connectivity index (χ0) is 16.5. The number of halogens is 1. The van der Waals surface area contributed by atoms with Gasteiger partial charge < -0.3 is 10.1 Å². The lowest BCUT2D eigenvalue weighted by atomic mass is 9.77. The van der Waals surface area contributed by atoms with Crippen LogP contribution in [-0.2, 0) is 0 Å². The van der Waals surface area contributed by atoms with Gasteiger partial charge in [0.05, 0.1) is 6.04 Å². The van der Waals surface area contributed by atoms with E-state index in [2.05, 4.69) is 41.7 Å². The molecule has 1 N–H and O–H groups in total. The molecule has 0 saturated heterocycles. The summed E-state index contributed by atoms with van der Waals surface area (Å²) in [5.74, 6) is 1.62. The van der Waals surface area contributed by atoms with Crippen LogP contribution in [0.25, 0.3) is 0 Å². The third kappa shape index (κ3) is 2.64. The van der Waals surface area contributed by atoms with Crippen LogP contribution in [0.5, 0.6) is 5.75 Å². The largest absolute Gasteiger partial charge is 0.479 e. The zero-order valence-corrected chi connectivity index (χ0v) is 13.8. The fraction of sp³-hybridized carbons (Fsp3) is 0.250. The van der Waals surface area contributed by atoms with Crippen LogP contribution in [0.4, 0.5) is 5.69 Å². The summed E-state index contributed by atoms with van der Waals surface area (Å²) < 4.78 is 5.35. The van der Waals surface area contributed by atoms with Crippen molar-refractivity contribution in [2.24, 2.45) is 5.92 Å². The molecule has 0 spiro atoms. The van der Waals surface area contributed by atoms with Crippen molar-refractivity contribution in [3.63, 3.8) is 0 Å². The fourth-order valence-corrected chi connectivity index (χ4v) is 3.96. The molecule has 0 bridgehead atoms. The van der Waals surface area contributed by atoms with E-state index in [0.717, 1.165) is 22.9 Å². The molecule has 4 heteroatoms. The number of hydrogen-bond acceptors (Lipinski definition) is 3. The van der Waals surface area contributed by atoms with Gasteiger partial charge in [-0.2, -0.15) is 5.26 Å². The average molecular weight is 337 g/mol. The van der Waals surface area contributed by atoms with E-state index in [4.69, 9.17) is 21.6 Å². The molecule has 1 aliphatic heterocycles. The smallest absolute Gasteiger partial charge is 0.174 e. The second-order valence-electron chi connectivity index (χ2n) is 6.22. The Labute approximate surface area is 146 Å². The maximum Gasteiger partial charge on any atom is 0.174 e. The van der Waals surface area contributed by atoms with E-state index in [1.807, 2.05) is 24.3 Å². The minimum atomic E-state index is 0.0732. The second kappa shape index (κ2) is 6.22. The molecule has 0 aromatic heterocycles. The molecule has 0 unspecified atom stereocenters. The molecule has 3 nitrogen and oxygen atoms in total. The maximum atomic E-state index is 8.60. The number of hydrogen-bond donors (Lipinski definition) is 1. The molecule has 24 heavy (non-hydrogen) atoms. The van der Waals surface area contributed by atoms with Gasteiger partial charge in [-0.05, 0) is 53.8 Å². The number of allylic oxidation sites excluding steroid dienone is 2. The van der Waals surface area contributed by atoms with Gasteiger partial charge in [0, 0.05) is 16.6 Å². The van der Waals surface area contributed by atoms with E-state index < -0.39 is 0 Å². The van der Waals surface area contributed by atoms with E-state index in [9.17, 15) is 0 Å². The van der Waals surface area contributed by atoms with Crippen molar-refractivity contribution in [3.05, 3.63) is 70.8 Å². The van der Waals surface area contributed by atoms with Crippen LogP contribution in [0.3, 0.4) is 0 Å². The van der Waals surface area contributed by atoms with E-state index in [1.165, 1.54) is 11.1 Å². The summed E-state index contributed by atoms with van der Waals surface area (Å²) in [6, 6.07) is 16.4. The second-order valence-corrected chi connectivity index (χ2v) is 6.66. The molecule has 2 aromatic carbocycles. The highest BCUT2D eigenvalue weighted by Gasteiger charge is 2.37. The van der Waals surface area contributed by atoms with Crippen LogP contribution in [0.15, 0.2) is 54.6 Å². The summed E-state index contributed by atoms with van der Waals surface area (Å²) in [4.78, 5) is 0. The van der Waals surface area contributed by atoms with Gasteiger partial charge in [0.25, 0.3) is 0 Å². The predicted octanol–water partition coefficient (Wildman–Crippen LogP) is 5.07. The fourth-order valence-electron chi connectivity index (χ4n) is 3.78. The first-order chi connectivity index (χ1) is 11.8. The number of nitrogens with one attached hydrogen (secondary N) is 1. The lowest BCUT2D eigenvalue weighted by molar-refractivity contribution is 0.367. The van der Waals surface area contributed by atoms with Gasteiger partial charge in [-0.25, -0.2) is 0 Å². The zero-order valence-electron chi connectivity index (χ0n) is 13.1. The molecule has 2 aliphatic rings. The summed E-state index contributed by atoms with van der Waals surface area (Å²) in [5.41, 5.74) is 3.67. The molecule has 3 atom stereocenters. The molecule has 2 aromatic rings. The van der Waals surface area contributed by atoms with Crippen molar-refractivity contribution >= 4 is 17.3 Å². The highest BCUT2D eigenvalue weighted by Crippen LogP contribution is 2.50. The Kier molecular flexibility index (Phi) is 3.92. The third-order valence-corrected chi connectivity index (χ3v) is 5.10. The first kappa shape index (κ1) is 15.1. The standard InChI is InChI=1S/C20H17ClN2O/c21-14-6-9-19-18(12-14)16-2-1-3-17(16)20(23-19)13-4-7-15(8-5-13)24-11-10-22/h1-2,4-9,12,16-17,20,23H,3,11H2/t16-,17+,20+/m1/s1. The van der Waals surface area contributed by atoms with Crippen LogP contribution in [0.1, 0.15) is 29.5 Å². The number of benzene rings is 2. The number of anilines is 1. The quantitative estimate of drug-likeness (QED) is 0.796. The van der Waals surface area contributed by atoms with Crippen molar-refractivity contribution in [1.82, 2.24) is 0 Å². The van der Waals surface area contributed by atoms with Crippen molar-refractivity contribution in [2.75, 3.05) is 11.9 Å². The monoisotopic (exact) mass is 336 g/mol. The summed E-state index contributed by atoms with van der Waals surface area (Å²) in [6.45, 7) is 0.0732. The van der Waals surface area contributed by atoms with Gasteiger partial charge >= 0.3 is 0 Å². The van der Waals surface area contributed by atoms with Crippen LogP contribution in [0, 0.1) is 17.2 Å². The van der Waals surface area contributed by atoms with Crippen LogP contribution in [0.2, 0.25) is 5.02 Å². The Morgan fingerprint density at radius 3 is 2.83 bits per heavy atom. The molecule has 0 amide bonds. The Balaban J connectivity index is 1.64. The van der Waals surface area contributed by atoms with Gasteiger partial charge in [0.15, 0.2) is 6.61 Å². The summed E-state index contributed by atoms with van der Waals surface area (Å²) in [6.07, 6.45) is 5.63. The Bertz CT molecular complexity index is 823. The highest BCUT2D eigenvalue weighted by atomic mass is 35.5. The number of fused-ring (bicyclic) bond motifs is 3. The molecule has 0 radical (unpaired) electrons. The molecule has 4 rings (SSSR count). The summed E-state index contributed by atoms with van der Waals surface area (Å²) in [5, 5.41) is 13.1. The topological polar surface area (TPSA) is 45.0 Å². The molecule has 0 fully saturated rings. The molecular weight excluding hydrogens is 320 g/mol. The van der Waals surface area contributed by atoms with Crippen molar-refractivity contribution < 1.29 is 4.74 Å². The number of nitrogens with zero attached hydrogens (tertiary/aromatic N) is 1. The minimum absolute atomic E-state index is 0.0732. The predicted molar refractivity (Wildman–Crippen MR) is 95.4 cm³/mol. The van der Waals surface area contributed by atoms with E-state index in [0.29, 0.717) is 11.8 Å². The normalized spacial score (nSPS) is 23.8. The van der Waals surface area contributed by atoms with Gasteiger partial charge in [0.2, 0.25) is 0 Å². The average Bonchev–Trinajstić information content (AvgIpc) is 3.10. The molecule has 1 aliphatic carbocycles. The van der Waals surface area contributed by atoms with E-state index in [-0.39, 0.29) is 12.6 Å².